The molecule has 5 heteroatoms. The van der Waals surface area contributed by atoms with Gasteiger partial charge < -0.3 is 4.74 Å². The lowest BCUT2D eigenvalue weighted by molar-refractivity contribution is 0.406. The van der Waals surface area contributed by atoms with Crippen LogP contribution >= 0.6 is 0 Å². The van der Waals surface area contributed by atoms with E-state index in [1.165, 1.54) is 6.07 Å². The van der Waals surface area contributed by atoms with Crippen molar-refractivity contribution in [1.82, 2.24) is 0 Å². The topological polar surface area (TPSA) is 66.9 Å². The van der Waals surface area contributed by atoms with Crippen molar-refractivity contribution in [2.45, 2.75) is 24.3 Å². The summed E-state index contributed by atoms with van der Waals surface area (Å²) in [6.07, 6.45) is 0.647. The normalized spacial score (nSPS) is 20.3. The SMILES string of the molecule is Cc1cccc(S(=O)(=O)O)c1CC1CO1. The summed E-state index contributed by atoms with van der Waals surface area (Å²) in [7, 11) is -4.13. The zero-order valence-corrected chi connectivity index (χ0v) is 9.12. The second-order valence-electron chi connectivity index (χ2n) is 3.69. The van der Waals surface area contributed by atoms with E-state index in [9.17, 15) is 8.42 Å². The molecule has 1 N–H and O–H groups in total. The van der Waals surface area contributed by atoms with E-state index in [2.05, 4.69) is 0 Å². The van der Waals surface area contributed by atoms with E-state index in [1.807, 2.05) is 13.0 Å². The summed E-state index contributed by atoms with van der Waals surface area (Å²) in [6, 6.07) is 4.86. The molecule has 0 aliphatic carbocycles. The Kier molecular flexibility index (Phi) is 2.54. The maximum atomic E-state index is 11.1. The lowest BCUT2D eigenvalue weighted by Crippen LogP contribution is -2.07. The van der Waals surface area contributed by atoms with E-state index in [0.717, 1.165) is 5.56 Å². The minimum atomic E-state index is -4.13. The molecule has 4 nitrogen and oxygen atoms in total. The van der Waals surface area contributed by atoms with Crippen molar-refractivity contribution < 1.29 is 17.7 Å². The summed E-state index contributed by atoms with van der Waals surface area (Å²) in [6.45, 7) is 2.49. The predicted molar refractivity (Wildman–Crippen MR) is 54.4 cm³/mol. The highest BCUT2D eigenvalue weighted by Crippen LogP contribution is 2.24. The molecule has 1 aromatic rings. The number of rotatable bonds is 3. The first-order valence-electron chi connectivity index (χ1n) is 4.66. The van der Waals surface area contributed by atoms with Crippen molar-refractivity contribution in [2.24, 2.45) is 0 Å². The predicted octanol–water partition coefficient (Wildman–Crippen LogP) is 1.18. The molecule has 1 atom stereocenters. The van der Waals surface area contributed by atoms with Gasteiger partial charge in [-0.1, -0.05) is 12.1 Å². The molecule has 1 saturated heterocycles. The standard InChI is InChI=1S/C10H12O4S/c1-7-3-2-4-10(15(11,12)13)9(7)5-8-6-14-8/h2-4,8H,5-6H2,1H3,(H,11,12,13). The van der Waals surface area contributed by atoms with E-state index in [1.54, 1.807) is 6.07 Å². The highest BCUT2D eigenvalue weighted by atomic mass is 32.2. The van der Waals surface area contributed by atoms with E-state index >= 15 is 0 Å². The van der Waals surface area contributed by atoms with E-state index < -0.39 is 10.1 Å². The van der Waals surface area contributed by atoms with Gasteiger partial charge in [-0.25, -0.2) is 0 Å². The van der Waals surface area contributed by atoms with Crippen LogP contribution in [0.4, 0.5) is 0 Å². The van der Waals surface area contributed by atoms with Gasteiger partial charge in [0.25, 0.3) is 10.1 Å². The molecule has 82 valence electrons. The van der Waals surface area contributed by atoms with Crippen LogP contribution in [0.25, 0.3) is 0 Å². The van der Waals surface area contributed by atoms with Crippen LogP contribution in [0.1, 0.15) is 11.1 Å². The second kappa shape index (κ2) is 3.59. The molecule has 1 aromatic carbocycles. The monoisotopic (exact) mass is 228 g/mol. The average Bonchev–Trinajstić information content (AvgIpc) is 2.90. The van der Waals surface area contributed by atoms with Crippen LogP contribution < -0.4 is 0 Å². The first-order valence-corrected chi connectivity index (χ1v) is 6.10. The van der Waals surface area contributed by atoms with Crippen molar-refractivity contribution in [3.63, 3.8) is 0 Å². The van der Waals surface area contributed by atoms with Crippen LogP contribution in [-0.4, -0.2) is 25.7 Å². The lowest BCUT2D eigenvalue weighted by atomic mass is 10.0. The van der Waals surface area contributed by atoms with Crippen LogP contribution in [0.5, 0.6) is 0 Å². The van der Waals surface area contributed by atoms with Crippen molar-refractivity contribution in [3.8, 4) is 0 Å². The molecule has 15 heavy (non-hydrogen) atoms. The Balaban J connectivity index is 2.47. The molecule has 2 rings (SSSR count). The van der Waals surface area contributed by atoms with Crippen molar-refractivity contribution >= 4 is 10.1 Å². The lowest BCUT2D eigenvalue weighted by Gasteiger charge is -2.08. The third kappa shape index (κ3) is 2.37. The van der Waals surface area contributed by atoms with E-state index in [-0.39, 0.29) is 11.0 Å². The minimum Gasteiger partial charge on any atom is -0.373 e. The summed E-state index contributed by atoms with van der Waals surface area (Å²) in [5.41, 5.74) is 1.52. The van der Waals surface area contributed by atoms with Crippen molar-refractivity contribution in [2.75, 3.05) is 6.61 Å². The maximum absolute atomic E-state index is 11.1. The summed E-state index contributed by atoms with van der Waals surface area (Å²) in [4.78, 5) is -0.00185. The third-order valence-electron chi connectivity index (χ3n) is 2.48. The molecule has 0 spiro atoms. The molecule has 1 aliphatic rings. The highest BCUT2D eigenvalue weighted by molar-refractivity contribution is 7.85. The molecule has 1 unspecified atom stereocenters. The molecule has 0 aromatic heterocycles. The molecule has 0 radical (unpaired) electrons. The van der Waals surface area contributed by atoms with Gasteiger partial charge in [-0.05, 0) is 24.1 Å². The molecule has 0 bridgehead atoms. The van der Waals surface area contributed by atoms with Gasteiger partial charge in [-0.2, -0.15) is 8.42 Å². The first kappa shape index (κ1) is 10.6. The van der Waals surface area contributed by atoms with Gasteiger partial charge in [-0.3, -0.25) is 4.55 Å². The number of benzene rings is 1. The Morgan fingerprint density at radius 2 is 2.20 bits per heavy atom. The minimum absolute atomic E-state index is 0.00185. The van der Waals surface area contributed by atoms with Crippen LogP contribution in [0, 0.1) is 6.92 Å². The van der Waals surface area contributed by atoms with Crippen LogP contribution in [-0.2, 0) is 21.3 Å². The summed E-state index contributed by atoms with van der Waals surface area (Å²) in [5.74, 6) is 0. The number of aryl methyl sites for hydroxylation is 1. The van der Waals surface area contributed by atoms with Crippen LogP contribution in [0.2, 0.25) is 0 Å². The number of epoxide rings is 1. The summed E-state index contributed by atoms with van der Waals surface area (Å²) >= 11 is 0. The Morgan fingerprint density at radius 3 is 2.73 bits per heavy atom. The largest absolute Gasteiger partial charge is 0.373 e. The zero-order chi connectivity index (χ0) is 11.1. The van der Waals surface area contributed by atoms with Gasteiger partial charge in [0.2, 0.25) is 0 Å². The zero-order valence-electron chi connectivity index (χ0n) is 8.30. The van der Waals surface area contributed by atoms with Gasteiger partial charge in [0.1, 0.15) is 0 Å². The second-order valence-corrected chi connectivity index (χ2v) is 5.08. The highest BCUT2D eigenvalue weighted by Gasteiger charge is 2.27. The fourth-order valence-electron chi connectivity index (χ4n) is 1.59. The van der Waals surface area contributed by atoms with Crippen LogP contribution in [0.3, 0.4) is 0 Å². The first-order chi connectivity index (χ1) is 6.98. The molecule has 0 saturated carbocycles. The summed E-state index contributed by atoms with van der Waals surface area (Å²) in [5, 5.41) is 0. The molecule has 1 heterocycles. The van der Waals surface area contributed by atoms with E-state index in [4.69, 9.17) is 9.29 Å². The van der Waals surface area contributed by atoms with Crippen molar-refractivity contribution in [3.05, 3.63) is 29.3 Å². The van der Waals surface area contributed by atoms with Gasteiger partial charge in [0.05, 0.1) is 17.6 Å². The van der Waals surface area contributed by atoms with Crippen molar-refractivity contribution in [1.29, 1.82) is 0 Å². The molecule has 0 amide bonds. The smallest absolute Gasteiger partial charge is 0.294 e. The van der Waals surface area contributed by atoms with E-state index in [0.29, 0.717) is 18.6 Å². The fraction of sp³-hybridized carbons (Fsp3) is 0.400. The quantitative estimate of drug-likeness (QED) is 0.623. The van der Waals surface area contributed by atoms with Gasteiger partial charge >= 0.3 is 0 Å². The number of hydrogen-bond acceptors (Lipinski definition) is 3. The summed E-state index contributed by atoms with van der Waals surface area (Å²) < 4.78 is 36.4. The number of ether oxygens (including phenoxy) is 1. The number of hydrogen-bond donors (Lipinski definition) is 1. The van der Waals surface area contributed by atoms with Gasteiger partial charge in [-0.15, -0.1) is 0 Å². The molecular weight excluding hydrogens is 216 g/mol. The third-order valence-corrected chi connectivity index (χ3v) is 3.42. The Morgan fingerprint density at radius 1 is 1.53 bits per heavy atom. The molecular formula is C10H12O4S. The van der Waals surface area contributed by atoms with Gasteiger partial charge in [0.15, 0.2) is 0 Å². The van der Waals surface area contributed by atoms with Crippen LogP contribution in [0.15, 0.2) is 23.1 Å². The molecule has 1 fully saturated rings. The Labute approximate surface area is 88.6 Å². The van der Waals surface area contributed by atoms with Gasteiger partial charge in [0, 0.05) is 6.42 Å². The fourth-order valence-corrected chi connectivity index (χ4v) is 2.40. The average molecular weight is 228 g/mol. The molecule has 1 aliphatic heterocycles. The Bertz CT molecular complexity index is 474. The Hall–Kier alpha value is -0.910. The maximum Gasteiger partial charge on any atom is 0.294 e.